The van der Waals surface area contributed by atoms with E-state index in [0.717, 1.165) is 37.8 Å². The zero-order valence-electron chi connectivity index (χ0n) is 11.2. The molecule has 6 nitrogen and oxygen atoms in total. The molecule has 1 saturated heterocycles. The van der Waals surface area contributed by atoms with E-state index in [1.54, 1.807) is 0 Å². The summed E-state index contributed by atoms with van der Waals surface area (Å²) < 4.78 is 0. The van der Waals surface area contributed by atoms with E-state index < -0.39 is 0 Å². The first kappa shape index (κ1) is 13.3. The van der Waals surface area contributed by atoms with E-state index >= 15 is 0 Å². The first-order valence-electron chi connectivity index (χ1n) is 6.55. The minimum Gasteiger partial charge on any atom is -0.395 e. The Morgan fingerprint density at radius 2 is 2.33 bits per heavy atom. The lowest BCUT2D eigenvalue weighted by atomic mass is 9.94. The van der Waals surface area contributed by atoms with Crippen molar-refractivity contribution in [3.63, 3.8) is 0 Å². The topological polar surface area (TPSA) is 91.1 Å². The lowest BCUT2D eigenvalue weighted by Gasteiger charge is -2.31. The Kier molecular flexibility index (Phi) is 3.87. The molecule has 1 aliphatic heterocycles. The molecule has 1 atom stereocenters. The smallest absolute Gasteiger partial charge is 0.244 e. The van der Waals surface area contributed by atoms with E-state index in [4.69, 9.17) is 5.73 Å². The highest BCUT2D eigenvalue weighted by molar-refractivity contribution is 5.30. The number of rotatable bonds is 4. The van der Waals surface area contributed by atoms with Crippen molar-refractivity contribution >= 4 is 5.95 Å². The van der Waals surface area contributed by atoms with E-state index in [2.05, 4.69) is 20.1 Å². The van der Waals surface area contributed by atoms with Crippen LogP contribution in [0, 0.1) is 5.92 Å². The van der Waals surface area contributed by atoms with Crippen molar-refractivity contribution in [2.45, 2.75) is 32.1 Å². The average Bonchev–Trinajstić information content (AvgIpc) is 2.89. The molecule has 0 radical (unpaired) electrons. The Morgan fingerprint density at radius 3 is 3.00 bits per heavy atom. The third-order valence-electron chi connectivity index (χ3n) is 3.65. The molecule has 0 aliphatic carbocycles. The van der Waals surface area contributed by atoms with Crippen molar-refractivity contribution in [2.75, 3.05) is 31.1 Å². The van der Waals surface area contributed by atoms with Crippen LogP contribution in [-0.2, 0) is 5.41 Å². The minimum absolute atomic E-state index is 0.0487. The fourth-order valence-corrected chi connectivity index (χ4v) is 2.21. The summed E-state index contributed by atoms with van der Waals surface area (Å²) in [5.74, 6) is 1.99. The Labute approximate surface area is 108 Å². The number of piperidine rings is 1. The fraction of sp³-hybridized carbons (Fsp3) is 0.833. The van der Waals surface area contributed by atoms with E-state index in [1.807, 2.05) is 13.8 Å². The predicted molar refractivity (Wildman–Crippen MR) is 70.5 cm³/mol. The summed E-state index contributed by atoms with van der Waals surface area (Å²) in [7, 11) is 0. The summed E-state index contributed by atoms with van der Waals surface area (Å²) in [4.78, 5) is 6.68. The van der Waals surface area contributed by atoms with Gasteiger partial charge in [-0.2, -0.15) is 4.98 Å². The first-order valence-corrected chi connectivity index (χ1v) is 6.55. The van der Waals surface area contributed by atoms with Crippen molar-refractivity contribution in [2.24, 2.45) is 11.7 Å². The largest absolute Gasteiger partial charge is 0.395 e. The quantitative estimate of drug-likeness (QED) is 0.715. The van der Waals surface area contributed by atoms with E-state index in [9.17, 15) is 5.11 Å². The van der Waals surface area contributed by atoms with Crippen molar-refractivity contribution < 1.29 is 5.11 Å². The minimum atomic E-state index is -0.381. The summed E-state index contributed by atoms with van der Waals surface area (Å²) in [6.45, 7) is 6.55. The Balaban J connectivity index is 2.10. The van der Waals surface area contributed by atoms with Gasteiger partial charge in [0.05, 0.1) is 6.61 Å². The average molecular weight is 253 g/mol. The van der Waals surface area contributed by atoms with Gasteiger partial charge in [-0.3, -0.25) is 5.10 Å². The molecule has 0 aromatic carbocycles. The number of aliphatic hydroxyl groups excluding tert-OH is 1. The van der Waals surface area contributed by atoms with Crippen LogP contribution in [0.5, 0.6) is 0 Å². The molecule has 1 aromatic heterocycles. The van der Waals surface area contributed by atoms with Crippen LogP contribution in [-0.4, -0.2) is 46.5 Å². The summed E-state index contributed by atoms with van der Waals surface area (Å²) in [6, 6.07) is 0. The summed E-state index contributed by atoms with van der Waals surface area (Å²) in [5, 5.41) is 16.5. The number of aromatic nitrogens is 3. The lowest BCUT2D eigenvalue weighted by molar-refractivity contribution is 0.212. The van der Waals surface area contributed by atoms with Crippen molar-refractivity contribution in [1.29, 1.82) is 0 Å². The third-order valence-corrected chi connectivity index (χ3v) is 3.65. The van der Waals surface area contributed by atoms with Gasteiger partial charge in [-0.05, 0) is 25.3 Å². The standard InChI is InChI=1S/C12H23N5O/c1-12(2,8-18)10-14-11(16-15-10)17-5-3-4-9(6-13)7-17/h9,18H,3-8,13H2,1-2H3,(H,14,15,16). The summed E-state index contributed by atoms with van der Waals surface area (Å²) in [5.41, 5.74) is 5.35. The van der Waals surface area contributed by atoms with Crippen molar-refractivity contribution in [3.8, 4) is 0 Å². The van der Waals surface area contributed by atoms with Gasteiger partial charge in [0.15, 0.2) is 0 Å². The number of nitrogens with two attached hydrogens (primary N) is 1. The Hall–Kier alpha value is -1.14. The van der Waals surface area contributed by atoms with Gasteiger partial charge in [-0.15, -0.1) is 5.10 Å². The van der Waals surface area contributed by atoms with Gasteiger partial charge in [-0.1, -0.05) is 13.8 Å². The first-order chi connectivity index (χ1) is 8.56. The number of nitrogens with zero attached hydrogens (tertiary/aromatic N) is 3. The molecule has 1 unspecified atom stereocenters. The highest BCUT2D eigenvalue weighted by Gasteiger charge is 2.27. The molecule has 1 fully saturated rings. The van der Waals surface area contributed by atoms with Crippen molar-refractivity contribution in [3.05, 3.63) is 5.82 Å². The van der Waals surface area contributed by atoms with Crippen LogP contribution < -0.4 is 10.6 Å². The molecule has 102 valence electrons. The second-order valence-corrected chi connectivity index (χ2v) is 5.72. The second kappa shape index (κ2) is 5.24. The highest BCUT2D eigenvalue weighted by Crippen LogP contribution is 2.23. The number of nitrogens with one attached hydrogen (secondary N) is 1. The third kappa shape index (κ3) is 2.64. The van der Waals surface area contributed by atoms with Crippen LogP contribution in [0.3, 0.4) is 0 Å². The van der Waals surface area contributed by atoms with Gasteiger partial charge >= 0.3 is 0 Å². The highest BCUT2D eigenvalue weighted by atomic mass is 16.3. The fourth-order valence-electron chi connectivity index (χ4n) is 2.21. The predicted octanol–water partition coefficient (Wildman–Crippen LogP) is 0.250. The van der Waals surface area contributed by atoms with Gasteiger partial charge in [0.25, 0.3) is 0 Å². The maximum atomic E-state index is 9.33. The molecule has 2 rings (SSSR count). The van der Waals surface area contributed by atoms with Gasteiger partial charge in [0.2, 0.25) is 5.95 Å². The van der Waals surface area contributed by atoms with Crippen LogP contribution in [0.2, 0.25) is 0 Å². The molecule has 0 saturated carbocycles. The van der Waals surface area contributed by atoms with Gasteiger partial charge in [0.1, 0.15) is 5.82 Å². The van der Waals surface area contributed by atoms with E-state index in [1.165, 1.54) is 6.42 Å². The van der Waals surface area contributed by atoms with Crippen LogP contribution in [0.15, 0.2) is 0 Å². The van der Waals surface area contributed by atoms with Crippen LogP contribution >= 0.6 is 0 Å². The van der Waals surface area contributed by atoms with Crippen LogP contribution in [0.1, 0.15) is 32.5 Å². The number of anilines is 1. The van der Waals surface area contributed by atoms with Crippen molar-refractivity contribution in [1.82, 2.24) is 15.2 Å². The van der Waals surface area contributed by atoms with Crippen LogP contribution in [0.4, 0.5) is 5.95 Å². The molecule has 6 heteroatoms. The van der Waals surface area contributed by atoms with Crippen LogP contribution in [0.25, 0.3) is 0 Å². The Bertz CT molecular complexity index is 390. The van der Waals surface area contributed by atoms with E-state index in [0.29, 0.717) is 5.92 Å². The number of hydrogen-bond acceptors (Lipinski definition) is 5. The maximum Gasteiger partial charge on any atom is 0.244 e. The normalized spacial score (nSPS) is 21.3. The van der Waals surface area contributed by atoms with E-state index in [-0.39, 0.29) is 12.0 Å². The molecule has 2 heterocycles. The zero-order chi connectivity index (χ0) is 13.2. The molecular weight excluding hydrogens is 230 g/mol. The Morgan fingerprint density at radius 1 is 1.56 bits per heavy atom. The SMILES string of the molecule is CC(C)(CO)c1nc(N2CCCC(CN)C2)n[nH]1. The molecule has 1 aromatic rings. The van der Waals surface area contributed by atoms with Gasteiger partial charge in [-0.25, -0.2) is 0 Å². The van der Waals surface area contributed by atoms with Gasteiger partial charge < -0.3 is 15.7 Å². The number of H-pyrrole nitrogens is 1. The molecular formula is C12H23N5O. The molecule has 18 heavy (non-hydrogen) atoms. The van der Waals surface area contributed by atoms with Gasteiger partial charge in [0, 0.05) is 18.5 Å². The zero-order valence-corrected chi connectivity index (χ0v) is 11.2. The summed E-state index contributed by atoms with van der Waals surface area (Å²) in [6.07, 6.45) is 2.32. The number of aliphatic hydroxyl groups is 1. The summed E-state index contributed by atoms with van der Waals surface area (Å²) >= 11 is 0. The molecule has 4 N–H and O–H groups in total. The number of aromatic amines is 1. The molecule has 1 aliphatic rings. The molecule has 0 amide bonds. The number of hydrogen-bond donors (Lipinski definition) is 3. The lowest BCUT2D eigenvalue weighted by Crippen LogP contribution is -2.39. The monoisotopic (exact) mass is 253 g/mol. The second-order valence-electron chi connectivity index (χ2n) is 5.72. The molecule has 0 spiro atoms. The molecule has 0 bridgehead atoms. The maximum absolute atomic E-state index is 9.33.